The van der Waals surface area contributed by atoms with Gasteiger partial charge in [-0.15, -0.1) is 0 Å². The van der Waals surface area contributed by atoms with E-state index in [-0.39, 0.29) is 17.9 Å². The lowest BCUT2D eigenvalue weighted by molar-refractivity contribution is -0.127. The predicted octanol–water partition coefficient (Wildman–Crippen LogP) is 5.05. The average molecular weight is 385 g/mol. The number of piperidine rings is 1. The summed E-state index contributed by atoms with van der Waals surface area (Å²) in [5, 5.41) is 4.04. The maximum Gasteiger partial charge on any atom is 0.224 e. The van der Waals surface area contributed by atoms with Crippen LogP contribution in [0.5, 0.6) is 0 Å². The largest absolute Gasteiger partial charge is 0.349 e. The highest BCUT2D eigenvalue weighted by atomic mass is 35.5. The number of nitrogens with one attached hydrogen (secondary N) is 1. The second-order valence-electron chi connectivity index (χ2n) is 7.76. The number of carbonyl (C=O) groups excluding carboxylic acids is 1. The maximum atomic E-state index is 12.9. The Kier molecular flexibility index (Phi) is 6.56. The van der Waals surface area contributed by atoms with Crippen molar-refractivity contribution in [3.05, 3.63) is 69.7 Å². The van der Waals surface area contributed by atoms with Crippen LogP contribution in [0.15, 0.2) is 42.5 Å². The van der Waals surface area contributed by atoms with Gasteiger partial charge in [0.15, 0.2) is 0 Å². The normalized spacial score (nSPS) is 18.9. The fourth-order valence-electron chi connectivity index (χ4n) is 3.92. The molecule has 1 aliphatic rings. The third kappa shape index (κ3) is 5.12. The number of rotatable bonds is 5. The Morgan fingerprint density at radius 2 is 2.04 bits per heavy atom. The Hall–Kier alpha value is -1.84. The van der Waals surface area contributed by atoms with E-state index in [4.69, 9.17) is 11.6 Å². The summed E-state index contributed by atoms with van der Waals surface area (Å²) in [6.07, 6.45) is 1.99. The van der Waals surface area contributed by atoms with Crippen molar-refractivity contribution < 1.29 is 4.79 Å². The fourth-order valence-corrected chi connectivity index (χ4v) is 4.11. The second kappa shape index (κ2) is 8.90. The summed E-state index contributed by atoms with van der Waals surface area (Å²) in [6.45, 7) is 8.87. The van der Waals surface area contributed by atoms with Gasteiger partial charge in [0.2, 0.25) is 5.91 Å². The standard InChI is InChI=1S/C23H29ClN2O/c1-16-10-11-17(2)21(13-16)18(3)25-23(27)20-8-6-12-26(15-20)14-19-7-4-5-9-22(19)24/h4-5,7,9-11,13,18,20H,6,8,12,14-15H2,1-3H3,(H,25,27)/t18-,20-/m0/s1. The Morgan fingerprint density at radius 3 is 2.81 bits per heavy atom. The molecule has 0 saturated carbocycles. The molecule has 0 spiro atoms. The van der Waals surface area contributed by atoms with Gasteiger partial charge < -0.3 is 5.32 Å². The van der Waals surface area contributed by atoms with Gasteiger partial charge in [-0.2, -0.15) is 0 Å². The Morgan fingerprint density at radius 1 is 1.26 bits per heavy atom. The summed E-state index contributed by atoms with van der Waals surface area (Å²) >= 11 is 6.30. The molecule has 1 aliphatic heterocycles. The number of amides is 1. The molecule has 0 aromatic heterocycles. The Balaban J connectivity index is 1.61. The van der Waals surface area contributed by atoms with Crippen LogP contribution in [0.1, 0.15) is 48.1 Å². The quantitative estimate of drug-likeness (QED) is 0.782. The van der Waals surface area contributed by atoms with E-state index in [0.717, 1.165) is 43.1 Å². The molecule has 1 fully saturated rings. The van der Waals surface area contributed by atoms with E-state index >= 15 is 0 Å². The van der Waals surface area contributed by atoms with Gasteiger partial charge in [0.05, 0.1) is 12.0 Å². The summed E-state index contributed by atoms with van der Waals surface area (Å²) < 4.78 is 0. The van der Waals surface area contributed by atoms with Gasteiger partial charge in [-0.1, -0.05) is 53.6 Å². The van der Waals surface area contributed by atoms with Gasteiger partial charge in [-0.05, 0) is 62.9 Å². The molecule has 144 valence electrons. The molecule has 2 aromatic carbocycles. The first-order valence-electron chi connectivity index (χ1n) is 9.77. The molecule has 27 heavy (non-hydrogen) atoms. The molecule has 3 rings (SSSR count). The zero-order valence-electron chi connectivity index (χ0n) is 16.5. The third-order valence-electron chi connectivity index (χ3n) is 5.49. The zero-order chi connectivity index (χ0) is 19.4. The minimum Gasteiger partial charge on any atom is -0.349 e. The zero-order valence-corrected chi connectivity index (χ0v) is 17.2. The monoisotopic (exact) mass is 384 g/mol. The minimum atomic E-state index is 0.0244. The van der Waals surface area contributed by atoms with Crippen LogP contribution in [0.3, 0.4) is 0 Å². The van der Waals surface area contributed by atoms with E-state index in [1.54, 1.807) is 0 Å². The van der Waals surface area contributed by atoms with Crippen LogP contribution in [0.25, 0.3) is 0 Å². The van der Waals surface area contributed by atoms with E-state index in [1.807, 2.05) is 18.2 Å². The first-order chi connectivity index (χ1) is 12.9. The van der Waals surface area contributed by atoms with Crippen molar-refractivity contribution in [2.24, 2.45) is 5.92 Å². The van der Waals surface area contributed by atoms with E-state index in [9.17, 15) is 4.79 Å². The first kappa shape index (κ1) is 19.9. The lowest BCUT2D eigenvalue weighted by Crippen LogP contribution is -2.43. The van der Waals surface area contributed by atoms with Crippen molar-refractivity contribution in [2.75, 3.05) is 13.1 Å². The van der Waals surface area contributed by atoms with Crippen molar-refractivity contribution >= 4 is 17.5 Å². The number of halogens is 1. The number of hydrogen-bond donors (Lipinski definition) is 1. The number of benzene rings is 2. The average Bonchev–Trinajstić information content (AvgIpc) is 2.65. The molecule has 1 saturated heterocycles. The van der Waals surface area contributed by atoms with E-state index < -0.39 is 0 Å². The molecule has 4 heteroatoms. The highest BCUT2D eigenvalue weighted by molar-refractivity contribution is 6.31. The second-order valence-corrected chi connectivity index (χ2v) is 8.16. The van der Waals surface area contributed by atoms with Gasteiger partial charge in [0.1, 0.15) is 0 Å². The summed E-state index contributed by atoms with van der Waals surface area (Å²) in [7, 11) is 0. The fraction of sp³-hybridized carbons (Fsp3) is 0.435. The van der Waals surface area contributed by atoms with Crippen LogP contribution < -0.4 is 5.32 Å². The van der Waals surface area contributed by atoms with Gasteiger partial charge in [0, 0.05) is 18.1 Å². The number of likely N-dealkylation sites (tertiary alicyclic amines) is 1. The molecule has 0 bridgehead atoms. The van der Waals surface area contributed by atoms with Crippen LogP contribution in [0.2, 0.25) is 5.02 Å². The van der Waals surface area contributed by atoms with Crippen LogP contribution in [-0.2, 0) is 11.3 Å². The van der Waals surface area contributed by atoms with Crippen molar-refractivity contribution in [2.45, 2.75) is 46.2 Å². The number of aryl methyl sites for hydroxylation is 2. The van der Waals surface area contributed by atoms with Gasteiger partial charge in [0.25, 0.3) is 0 Å². The van der Waals surface area contributed by atoms with Gasteiger partial charge >= 0.3 is 0 Å². The van der Waals surface area contributed by atoms with Gasteiger partial charge in [-0.3, -0.25) is 9.69 Å². The summed E-state index contributed by atoms with van der Waals surface area (Å²) in [6, 6.07) is 14.4. The molecule has 2 aromatic rings. The van der Waals surface area contributed by atoms with Crippen LogP contribution in [-0.4, -0.2) is 23.9 Å². The molecule has 1 heterocycles. The van der Waals surface area contributed by atoms with Crippen LogP contribution in [0.4, 0.5) is 0 Å². The topological polar surface area (TPSA) is 32.3 Å². The Bertz CT molecular complexity index is 805. The number of hydrogen-bond acceptors (Lipinski definition) is 2. The molecular weight excluding hydrogens is 356 g/mol. The van der Waals surface area contributed by atoms with E-state index in [2.05, 4.69) is 55.3 Å². The Labute approximate surface area is 167 Å². The molecule has 0 unspecified atom stereocenters. The van der Waals surface area contributed by atoms with E-state index in [0.29, 0.717) is 0 Å². The first-order valence-corrected chi connectivity index (χ1v) is 10.1. The van der Waals surface area contributed by atoms with Crippen LogP contribution in [0, 0.1) is 19.8 Å². The van der Waals surface area contributed by atoms with Crippen molar-refractivity contribution in [1.29, 1.82) is 0 Å². The van der Waals surface area contributed by atoms with E-state index in [1.165, 1.54) is 16.7 Å². The van der Waals surface area contributed by atoms with Crippen molar-refractivity contribution in [1.82, 2.24) is 10.2 Å². The molecule has 0 radical (unpaired) electrons. The predicted molar refractivity (Wildman–Crippen MR) is 112 cm³/mol. The molecular formula is C23H29ClN2O. The molecule has 1 N–H and O–H groups in total. The molecule has 1 amide bonds. The van der Waals surface area contributed by atoms with Crippen LogP contribution >= 0.6 is 11.6 Å². The number of nitrogens with zero attached hydrogens (tertiary/aromatic N) is 1. The molecule has 2 atom stereocenters. The lowest BCUT2D eigenvalue weighted by Gasteiger charge is -2.33. The maximum absolute atomic E-state index is 12.9. The van der Waals surface area contributed by atoms with Crippen molar-refractivity contribution in [3.8, 4) is 0 Å². The highest BCUT2D eigenvalue weighted by Crippen LogP contribution is 2.24. The minimum absolute atomic E-state index is 0.0244. The summed E-state index contributed by atoms with van der Waals surface area (Å²) in [5.41, 5.74) is 4.77. The third-order valence-corrected chi connectivity index (χ3v) is 5.86. The smallest absolute Gasteiger partial charge is 0.224 e. The van der Waals surface area contributed by atoms with Crippen molar-refractivity contribution in [3.63, 3.8) is 0 Å². The van der Waals surface area contributed by atoms with Gasteiger partial charge in [-0.25, -0.2) is 0 Å². The number of carbonyl (C=O) groups is 1. The highest BCUT2D eigenvalue weighted by Gasteiger charge is 2.27. The lowest BCUT2D eigenvalue weighted by atomic mass is 9.95. The SMILES string of the molecule is Cc1ccc(C)c([C@H](C)NC(=O)[C@H]2CCCN(Cc3ccccc3Cl)C2)c1. The molecule has 3 nitrogen and oxygen atoms in total. The summed E-state index contributed by atoms with van der Waals surface area (Å²) in [4.78, 5) is 15.2. The molecule has 0 aliphatic carbocycles. The summed E-state index contributed by atoms with van der Waals surface area (Å²) in [5.74, 6) is 0.195.